The number of methoxy groups -OCH3 is 1. The average Bonchev–Trinajstić information content (AvgIpc) is 2.48. The van der Waals surface area contributed by atoms with Gasteiger partial charge in [0.2, 0.25) is 0 Å². The molecule has 0 spiro atoms. The molecular weight excluding hydrogens is 261 g/mol. The SMILES string of the molecule is COC(=O)C1CCCN(C(=O)c2cc(C)ccc2F)C1. The molecule has 108 valence electrons. The van der Waals surface area contributed by atoms with Gasteiger partial charge in [-0.2, -0.15) is 0 Å². The zero-order chi connectivity index (χ0) is 14.7. The van der Waals surface area contributed by atoms with Gasteiger partial charge in [0.1, 0.15) is 5.82 Å². The number of amides is 1. The van der Waals surface area contributed by atoms with Crippen LogP contribution in [0, 0.1) is 18.7 Å². The lowest BCUT2D eigenvalue weighted by molar-refractivity contribution is -0.146. The van der Waals surface area contributed by atoms with Crippen molar-refractivity contribution >= 4 is 11.9 Å². The molecule has 0 aromatic heterocycles. The Morgan fingerprint density at radius 2 is 2.15 bits per heavy atom. The fraction of sp³-hybridized carbons (Fsp3) is 0.467. The number of hydrogen-bond acceptors (Lipinski definition) is 3. The van der Waals surface area contributed by atoms with Crippen molar-refractivity contribution in [1.29, 1.82) is 0 Å². The van der Waals surface area contributed by atoms with Crippen molar-refractivity contribution in [2.75, 3.05) is 20.2 Å². The molecule has 0 N–H and O–H groups in total. The molecule has 1 aliphatic heterocycles. The first-order chi connectivity index (χ1) is 9.52. The van der Waals surface area contributed by atoms with Gasteiger partial charge < -0.3 is 9.64 Å². The number of likely N-dealkylation sites (tertiary alicyclic amines) is 1. The normalized spacial score (nSPS) is 18.8. The minimum atomic E-state index is -0.527. The predicted octanol–water partition coefficient (Wildman–Crippen LogP) is 2.16. The lowest BCUT2D eigenvalue weighted by Gasteiger charge is -2.31. The zero-order valence-electron chi connectivity index (χ0n) is 11.7. The van der Waals surface area contributed by atoms with Crippen LogP contribution in [-0.4, -0.2) is 37.0 Å². The van der Waals surface area contributed by atoms with Crippen molar-refractivity contribution < 1.29 is 18.7 Å². The van der Waals surface area contributed by atoms with E-state index in [0.29, 0.717) is 19.5 Å². The summed E-state index contributed by atoms with van der Waals surface area (Å²) in [6.07, 6.45) is 1.42. The molecule has 1 unspecified atom stereocenters. The van der Waals surface area contributed by atoms with E-state index in [1.165, 1.54) is 18.1 Å². The molecule has 0 bridgehead atoms. The molecule has 2 rings (SSSR count). The molecule has 20 heavy (non-hydrogen) atoms. The molecule has 0 radical (unpaired) electrons. The lowest BCUT2D eigenvalue weighted by Crippen LogP contribution is -2.42. The molecule has 0 aliphatic carbocycles. The summed E-state index contributed by atoms with van der Waals surface area (Å²) in [6, 6.07) is 4.46. The maximum absolute atomic E-state index is 13.8. The topological polar surface area (TPSA) is 46.6 Å². The fourth-order valence-corrected chi connectivity index (χ4v) is 2.49. The first kappa shape index (κ1) is 14.5. The van der Waals surface area contributed by atoms with Crippen molar-refractivity contribution in [2.45, 2.75) is 19.8 Å². The first-order valence-corrected chi connectivity index (χ1v) is 6.66. The number of piperidine rings is 1. The highest BCUT2D eigenvalue weighted by Crippen LogP contribution is 2.21. The minimum absolute atomic E-state index is 0.0653. The molecule has 1 saturated heterocycles. The Hall–Kier alpha value is -1.91. The van der Waals surface area contributed by atoms with E-state index < -0.39 is 5.82 Å². The molecule has 1 heterocycles. The Morgan fingerprint density at radius 3 is 2.85 bits per heavy atom. The summed E-state index contributed by atoms with van der Waals surface area (Å²) in [5.41, 5.74) is 0.895. The summed E-state index contributed by atoms with van der Waals surface area (Å²) < 4.78 is 18.5. The van der Waals surface area contributed by atoms with Crippen LogP contribution >= 0.6 is 0 Å². The maximum Gasteiger partial charge on any atom is 0.310 e. The highest BCUT2D eigenvalue weighted by molar-refractivity contribution is 5.95. The number of halogens is 1. The summed E-state index contributed by atoms with van der Waals surface area (Å²) in [5.74, 6) is -1.52. The Morgan fingerprint density at radius 1 is 1.40 bits per heavy atom. The second kappa shape index (κ2) is 6.03. The molecule has 0 saturated carbocycles. The van der Waals surface area contributed by atoms with Crippen LogP contribution in [0.3, 0.4) is 0 Å². The van der Waals surface area contributed by atoms with Crippen molar-refractivity contribution in [3.05, 3.63) is 35.1 Å². The van der Waals surface area contributed by atoms with Gasteiger partial charge in [-0.05, 0) is 31.9 Å². The van der Waals surface area contributed by atoms with Crippen LogP contribution in [0.15, 0.2) is 18.2 Å². The second-order valence-corrected chi connectivity index (χ2v) is 5.10. The summed E-state index contributed by atoms with van der Waals surface area (Å²) in [5, 5.41) is 0. The van der Waals surface area contributed by atoms with Crippen LogP contribution in [0.1, 0.15) is 28.8 Å². The molecule has 1 fully saturated rings. The van der Waals surface area contributed by atoms with Crippen molar-refractivity contribution in [1.82, 2.24) is 4.90 Å². The van der Waals surface area contributed by atoms with Crippen molar-refractivity contribution in [2.24, 2.45) is 5.92 Å². The summed E-state index contributed by atoms with van der Waals surface area (Å²) in [7, 11) is 1.34. The third-order valence-electron chi connectivity index (χ3n) is 3.60. The average molecular weight is 279 g/mol. The largest absolute Gasteiger partial charge is 0.469 e. The molecule has 5 heteroatoms. The number of ether oxygens (including phenoxy) is 1. The fourth-order valence-electron chi connectivity index (χ4n) is 2.49. The first-order valence-electron chi connectivity index (χ1n) is 6.66. The van der Waals surface area contributed by atoms with E-state index in [1.54, 1.807) is 12.1 Å². The van der Waals surface area contributed by atoms with Gasteiger partial charge in [0.25, 0.3) is 5.91 Å². The smallest absolute Gasteiger partial charge is 0.310 e. The highest BCUT2D eigenvalue weighted by atomic mass is 19.1. The Labute approximate surface area is 117 Å². The monoisotopic (exact) mass is 279 g/mol. The van der Waals surface area contributed by atoms with Crippen LogP contribution in [-0.2, 0) is 9.53 Å². The van der Waals surface area contributed by atoms with Gasteiger partial charge in [-0.15, -0.1) is 0 Å². The van der Waals surface area contributed by atoms with Crippen LogP contribution in [0.5, 0.6) is 0 Å². The molecule has 1 amide bonds. The minimum Gasteiger partial charge on any atom is -0.469 e. The molecular formula is C15H18FNO3. The second-order valence-electron chi connectivity index (χ2n) is 5.10. The van der Waals surface area contributed by atoms with E-state index in [2.05, 4.69) is 0 Å². The number of aryl methyl sites for hydroxylation is 1. The number of benzene rings is 1. The van der Waals surface area contributed by atoms with E-state index in [-0.39, 0.29) is 23.4 Å². The van der Waals surface area contributed by atoms with Crippen LogP contribution in [0.4, 0.5) is 4.39 Å². The third kappa shape index (κ3) is 2.98. The van der Waals surface area contributed by atoms with Crippen LogP contribution in [0.25, 0.3) is 0 Å². The lowest BCUT2D eigenvalue weighted by atomic mass is 9.97. The maximum atomic E-state index is 13.8. The zero-order valence-corrected chi connectivity index (χ0v) is 11.7. The summed E-state index contributed by atoms with van der Waals surface area (Å²) in [4.78, 5) is 25.5. The van der Waals surface area contributed by atoms with E-state index in [1.807, 2.05) is 6.92 Å². The highest BCUT2D eigenvalue weighted by Gasteiger charge is 2.30. The third-order valence-corrected chi connectivity index (χ3v) is 3.60. The van der Waals surface area contributed by atoms with Gasteiger partial charge >= 0.3 is 5.97 Å². The molecule has 1 aliphatic rings. The number of nitrogens with zero attached hydrogens (tertiary/aromatic N) is 1. The Bertz CT molecular complexity index is 530. The Balaban J connectivity index is 2.16. The number of esters is 1. The van der Waals surface area contributed by atoms with E-state index in [0.717, 1.165) is 12.0 Å². The standard InChI is InChI=1S/C15H18FNO3/c1-10-5-6-13(16)12(8-10)14(18)17-7-3-4-11(9-17)15(19)20-2/h5-6,8,11H,3-4,7,9H2,1-2H3. The quantitative estimate of drug-likeness (QED) is 0.779. The van der Waals surface area contributed by atoms with Crippen LogP contribution < -0.4 is 0 Å². The van der Waals surface area contributed by atoms with E-state index >= 15 is 0 Å². The van der Waals surface area contributed by atoms with Gasteiger partial charge in [-0.25, -0.2) is 4.39 Å². The predicted molar refractivity (Wildman–Crippen MR) is 71.8 cm³/mol. The number of hydrogen-bond donors (Lipinski definition) is 0. The number of carbonyl (C=O) groups is 2. The molecule has 4 nitrogen and oxygen atoms in total. The molecule has 1 aromatic carbocycles. The van der Waals surface area contributed by atoms with E-state index in [4.69, 9.17) is 4.74 Å². The van der Waals surface area contributed by atoms with Gasteiger partial charge in [0, 0.05) is 13.1 Å². The Kier molecular flexibility index (Phi) is 4.37. The van der Waals surface area contributed by atoms with Crippen LogP contribution in [0.2, 0.25) is 0 Å². The van der Waals surface area contributed by atoms with Crippen molar-refractivity contribution in [3.8, 4) is 0 Å². The van der Waals surface area contributed by atoms with Gasteiger partial charge in [0.15, 0.2) is 0 Å². The van der Waals surface area contributed by atoms with Gasteiger partial charge in [-0.1, -0.05) is 11.6 Å². The number of rotatable bonds is 2. The molecule has 1 aromatic rings. The molecule has 1 atom stereocenters. The van der Waals surface area contributed by atoms with Gasteiger partial charge in [0.05, 0.1) is 18.6 Å². The van der Waals surface area contributed by atoms with Crippen molar-refractivity contribution in [3.63, 3.8) is 0 Å². The summed E-state index contributed by atoms with van der Waals surface area (Å²) >= 11 is 0. The summed E-state index contributed by atoms with van der Waals surface area (Å²) in [6.45, 7) is 2.64. The number of carbonyl (C=O) groups excluding carboxylic acids is 2. The van der Waals surface area contributed by atoms with Gasteiger partial charge in [-0.3, -0.25) is 9.59 Å². The van der Waals surface area contributed by atoms with E-state index in [9.17, 15) is 14.0 Å².